The largest absolute Gasteiger partial charge is 0.339 e. The molecule has 2 heterocycles. The predicted molar refractivity (Wildman–Crippen MR) is 78.1 cm³/mol. The zero-order chi connectivity index (χ0) is 14.8. The second-order valence-electron chi connectivity index (χ2n) is 5.36. The van der Waals surface area contributed by atoms with Gasteiger partial charge in [-0.05, 0) is 19.1 Å². The number of anilines is 1. The zero-order valence-electron chi connectivity index (χ0n) is 12.2. The molecule has 6 nitrogen and oxygen atoms in total. The Morgan fingerprint density at radius 2 is 2.10 bits per heavy atom. The quantitative estimate of drug-likeness (QED) is 0.851. The number of hydrogen-bond acceptors (Lipinski definition) is 5. The molecule has 0 N–H and O–H groups in total. The summed E-state index contributed by atoms with van der Waals surface area (Å²) in [6.07, 6.45) is 0. The number of rotatable bonds is 4. The molecular formula is C15H18N4O2. The van der Waals surface area contributed by atoms with Crippen molar-refractivity contribution in [3.63, 3.8) is 0 Å². The monoisotopic (exact) mass is 286 g/mol. The molecule has 0 bridgehead atoms. The molecule has 0 spiro atoms. The Labute approximate surface area is 123 Å². The zero-order valence-corrected chi connectivity index (χ0v) is 12.2. The Morgan fingerprint density at radius 3 is 2.71 bits per heavy atom. The van der Waals surface area contributed by atoms with Crippen LogP contribution in [0.5, 0.6) is 0 Å². The number of aryl methyl sites for hydroxylation is 1. The van der Waals surface area contributed by atoms with Crippen molar-refractivity contribution in [3.05, 3.63) is 42.0 Å². The van der Waals surface area contributed by atoms with E-state index >= 15 is 0 Å². The Balaban J connectivity index is 1.51. The number of carbonyl (C=O) groups excluding carboxylic acids is 1. The van der Waals surface area contributed by atoms with Crippen molar-refractivity contribution >= 4 is 11.6 Å². The van der Waals surface area contributed by atoms with Crippen LogP contribution in [0.1, 0.15) is 17.6 Å². The molecule has 21 heavy (non-hydrogen) atoms. The van der Waals surface area contributed by atoms with Crippen LogP contribution in [-0.4, -0.2) is 47.6 Å². The topological polar surface area (TPSA) is 62.5 Å². The number of hydrogen-bond donors (Lipinski definition) is 0. The molecule has 110 valence electrons. The first-order chi connectivity index (χ1) is 10.1. The van der Waals surface area contributed by atoms with Crippen LogP contribution in [0.4, 0.5) is 5.69 Å². The molecule has 6 heteroatoms. The summed E-state index contributed by atoms with van der Waals surface area (Å²) in [5.41, 5.74) is 0.909. The third-order valence-electron chi connectivity index (χ3n) is 3.73. The number of likely N-dealkylation sites (N-methyl/N-ethyl adjacent to an activating group) is 1. The van der Waals surface area contributed by atoms with Crippen molar-refractivity contribution in [2.24, 2.45) is 0 Å². The smallest absolute Gasteiger partial charge is 0.240 e. The lowest BCUT2D eigenvalue weighted by Gasteiger charge is -2.37. The van der Waals surface area contributed by atoms with Crippen molar-refractivity contribution in [2.75, 3.05) is 31.6 Å². The maximum atomic E-state index is 12.2. The van der Waals surface area contributed by atoms with Gasteiger partial charge in [-0.15, -0.1) is 0 Å². The van der Waals surface area contributed by atoms with E-state index in [4.69, 9.17) is 4.52 Å². The number of amides is 1. The van der Waals surface area contributed by atoms with Crippen LogP contribution in [0.3, 0.4) is 0 Å². The van der Waals surface area contributed by atoms with Gasteiger partial charge in [0, 0.05) is 25.8 Å². The number of nitrogens with zero attached hydrogens (tertiary/aromatic N) is 4. The van der Waals surface area contributed by atoms with E-state index in [9.17, 15) is 4.79 Å². The second-order valence-corrected chi connectivity index (χ2v) is 5.36. The van der Waals surface area contributed by atoms with Crippen molar-refractivity contribution in [1.29, 1.82) is 0 Å². The lowest BCUT2D eigenvalue weighted by molar-refractivity contribution is -0.120. The average molecular weight is 286 g/mol. The van der Waals surface area contributed by atoms with Crippen LogP contribution in [0, 0.1) is 6.92 Å². The summed E-state index contributed by atoms with van der Waals surface area (Å²) in [6, 6.07) is 9.65. The number of benzene rings is 1. The van der Waals surface area contributed by atoms with Gasteiger partial charge in [0.25, 0.3) is 0 Å². The second kappa shape index (κ2) is 5.65. The summed E-state index contributed by atoms with van der Waals surface area (Å²) in [6.45, 7) is 3.79. The molecule has 2 aromatic rings. The van der Waals surface area contributed by atoms with E-state index in [-0.39, 0.29) is 11.8 Å². The van der Waals surface area contributed by atoms with Crippen molar-refractivity contribution in [1.82, 2.24) is 15.0 Å². The molecule has 1 aromatic carbocycles. The minimum Gasteiger partial charge on any atom is -0.339 e. The molecule has 1 aliphatic rings. The molecule has 1 amide bonds. The molecule has 0 atom stereocenters. The van der Waals surface area contributed by atoms with Gasteiger partial charge in [0.1, 0.15) is 0 Å². The van der Waals surface area contributed by atoms with Gasteiger partial charge in [-0.2, -0.15) is 4.98 Å². The number of aromatic nitrogens is 2. The Kier molecular flexibility index (Phi) is 3.70. The molecule has 1 fully saturated rings. The maximum absolute atomic E-state index is 12.2. The Bertz CT molecular complexity index is 620. The van der Waals surface area contributed by atoms with Gasteiger partial charge in [-0.1, -0.05) is 23.4 Å². The average Bonchev–Trinajstić information content (AvgIpc) is 2.88. The first-order valence-corrected chi connectivity index (χ1v) is 6.97. The number of carbonyl (C=O) groups is 1. The van der Waals surface area contributed by atoms with E-state index in [1.165, 1.54) is 0 Å². The van der Waals surface area contributed by atoms with Crippen molar-refractivity contribution < 1.29 is 9.32 Å². The first-order valence-electron chi connectivity index (χ1n) is 6.97. The minimum atomic E-state index is 0.0846. The summed E-state index contributed by atoms with van der Waals surface area (Å²) < 4.78 is 5.16. The molecule has 1 aliphatic heterocycles. The lowest BCUT2D eigenvalue weighted by Crippen LogP contribution is -2.50. The van der Waals surface area contributed by atoms with Gasteiger partial charge in [-0.3, -0.25) is 9.69 Å². The standard InChI is InChI=1S/C15H18N4O2/c1-11-16-15(21-17-11)12-8-19(9-12)10-14(20)18(2)13-6-4-3-5-7-13/h3-7,12H,8-10H2,1-2H3. The highest BCUT2D eigenvalue weighted by molar-refractivity contribution is 5.94. The highest BCUT2D eigenvalue weighted by Gasteiger charge is 2.33. The van der Waals surface area contributed by atoms with Crippen molar-refractivity contribution in [2.45, 2.75) is 12.8 Å². The van der Waals surface area contributed by atoms with Crippen LogP contribution < -0.4 is 4.90 Å². The molecule has 0 saturated carbocycles. The van der Waals surface area contributed by atoms with E-state index in [1.54, 1.807) is 11.9 Å². The minimum absolute atomic E-state index is 0.0846. The van der Waals surface area contributed by atoms with Gasteiger partial charge in [0.2, 0.25) is 11.8 Å². The normalized spacial score (nSPS) is 15.7. The SMILES string of the molecule is Cc1noc(C2CN(CC(=O)N(C)c3ccccc3)C2)n1. The van der Waals surface area contributed by atoms with E-state index in [0.717, 1.165) is 18.8 Å². The van der Waals surface area contributed by atoms with Crippen LogP contribution in [0.25, 0.3) is 0 Å². The fourth-order valence-corrected chi connectivity index (χ4v) is 2.43. The Hall–Kier alpha value is -2.21. The van der Waals surface area contributed by atoms with Crippen LogP contribution in [-0.2, 0) is 4.79 Å². The molecule has 0 unspecified atom stereocenters. The van der Waals surface area contributed by atoms with E-state index in [0.29, 0.717) is 18.3 Å². The third-order valence-corrected chi connectivity index (χ3v) is 3.73. The fraction of sp³-hybridized carbons (Fsp3) is 0.400. The number of para-hydroxylation sites is 1. The molecule has 0 aliphatic carbocycles. The molecule has 1 saturated heterocycles. The maximum Gasteiger partial charge on any atom is 0.240 e. The first kappa shape index (κ1) is 13.8. The third kappa shape index (κ3) is 2.95. The summed E-state index contributed by atoms with van der Waals surface area (Å²) in [5.74, 6) is 1.67. The molecule has 1 aromatic heterocycles. The van der Waals surface area contributed by atoms with Crippen LogP contribution in [0.2, 0.25) is 0 Å². The van der Waals surface area contributed by atoms with E-state index < -0.39 is 0 Å². The van der Waals surface area contributed by atoms with Gasteiger partial charge < -0.3 is 9.42 Å². The Morgan fingerprint density at radius 1 is 1.38 bits per heavy atom. The van der Waals surface area contributed by atoms with E-state index in [1.807, 2.05) is 37.3 Å². The summed E-state index contributed by atoms with van der Waals surface area (Å²) in [7, 11) is 1.80. The van der Waals surface area contributed by atoms with Gasteiger partial charge in [0.05, 0.1) is 12.5 Å². The molecule has 3 rings (SSSR count). The highest BCUT2D eigenvalue weighted by atomic mass is 16.5. The fourth-order valence-electron chi connectivity index (χ4n) is 2.43. The highest BCUT2D eigenvalue weighted by Crippen LogP contribution is 2.25. The number of likely N-dealkylation sites (tertiary alicyclic amines) is 1. The van der Waals surface area contributed by atoms with Gasteiger partial charge >= 0.3 is 0 Å². The van der Waals surface area contributed by atoms with Gasteiger partial charge in [0.15, 0.2) is 5.82 Å². The van der Waals surface area contributed by atoms with Crippen LogP contribution >= 0.6 is 0 Å². The molecule has 0 radical (unpaired) electrons. The summed E-state index contributed by atoms with van der Waals surface area (Å²) in [4.78, 5) is 20.2. The van der Waals surface area contributed by atoms with E-state index in [2.05, 4.69) is 15.0 Å². The molecular weight excluding hydrogens is 268 g/mol. The van der Waals surface area contributed by atoms with Crippen molar-refractivity contribution in [3.8, 4) is 0 Å². The summed E-state index contributed by atoms with van der Waals surface area (Å²) >= 11 is 0. The van der Waals surface area contributed by atoms with Gasteiger partial charge in [-0.25, -0.2) is 0 Å². The summed E-state index contributed by atoms with van der Waals surface area (Å²) in [5, 5.41) is 3.79. The predicted octanol–water partition coefficient (Wildman–Crippen LogP) is 1.44. The van der Waals surface area contributed by atoms with Crippen LogP contribution in [0.15, 0.2) is 34.9 Å². The lowest BCUT2D eigenvalue weighted by atomic mass is 10.0.